The Balaban J connectivity index is 1.77. The van der Waals surface area contributed by atoms with Crippen molar-refractivity contribution in [3.05, 3.63) is 81.3 Å². The van der Waals surface area contributed by atoms with Gasteiger partial charge in [0.2, 0.25) is 0 Å². The zero-order valence-corrected chi connectivity index (χ0v) is 22.0. The molecule has 0 aromatic heterocycles. The van der Waals surface area contributed by atoms with Gasteiger partial charge in [0.15, 0.2) is 0 Å². The van der Waals surface area contributed by atoms with Gasteiger partial charge in [0, 0.05) is 18.5 Å². The monoisotopic (exact) mass is 500 g/mol. The van der Waals surface area contributed by atoms with E-state index < -0.39 is 11.7 Å². The van der Waals surface area contributed by atoms with Crippen molar-refractivity contribution in [2.24, 2.45) is 4.99 Å². The molecular formula is C29H35F3N2S. The maximum absolute atomic E-state index is 13.9. The maximum atomic E-state index is 13.9. The molecule has 0 heterocycles. The first-order valence-electron chi connectivity index (χ1n) is 12.2. The second-order valence-corrected chi connectivity index (χ2v) is 10.3. The Morgan fingerprint density at radius 3 is 2.51 bits per heavy atom. The van der Waals surface area contributed by atoms with Crippen LogP contribution in [0.5, 0.6) is 0 Å². The Morgan fingerprint density at radius 2 is 1.83 bits per heavy atom. The van der Waals surface area contributed by atoms with Gasteiger partial charge in [0.1, 0.15) is 0 Å². The lowest BCUT2D eigenvalue weighted by Gasteiger charge is -2.16. The quantitative estimate of drug-likeness (QED) is 0.205. The van der Waals surface area contributed by atoms with Crippen LogP contribution in [0.3, 0.4) is 0 Å². The number of allylic oxidation sites excluding steroid dienone is 1. The topological polar surface area (TPSA) is 15.6 Å². The van der Waals surface area contributed by atoms with E-state index in [0.717, 1.165) is 41.0 Å². The number of aryl methyl sites for hydroxylation is 3. The van der Waals surface area contributed by atoms with Crippen molar-refractivity contribution in [3.8, 4) is 0 Å². The molecule has 0 atom stereocenters. The highest BCUT2D eigenvalue weighted by Gasteiger charge is 2.34. The van der Waals surface area contributed by atoms with Gasteiger partial charge in [-0.15, -0.1) is 0 Å². The second kappa shape index (κ2) is 12.0. The first kappa shape index (κ1) is 27.1. The number of fused-ring (bicyclic) bond motifs is 1. The summed E-state index contributed by atoms with van der Waals surface area (Å²) in [6.07, 6.45) is 3.31. The predicted molar refractivity (Wildman–Crippen MR) is 144 cm³/mol. The fraction of sp³-hybridized carbons (Fsp3) is 0.414. The average molecular weight is 501 g/mol. The minimum atomic E-state index is -4.44. The van der Waals surface area contributed by atoms with Gasteiger partial charge in [-0.3, -0.25) is 0 Å². The van der Waals surface area contributed by atoms with E-state index in [1.807, 2.05) is 31.2 Å². The summed E-state index contributed by atoms with van der Waals surface area (Å²) in [6.45, 7) is 10.6. The van der Waals surface area contributed by atoms with Crippen LogP contribution in [0.25, 0.3) is 4.91 Å². The highest BCUT2D eigenvalue weighted by Crippen LogP contribution is 2.38. The van der Waals surface area contributed by atoms with Crippen LogP contribution in [0.1, 0.15) is 66.5 Å². The molecule has 0 fully saturated rings. The summed E-state index contributed by atoms with van der Waals surface area (Å²) in [5.74, 6) is 0. The summed E-state index contributed by atoms with van der Waals surface area (Å²) < 4.78 is 41.6. The Bertz CT molecular complexity index is 1120. The van der Waals surface area contributed by atoms with Crippen molar-refractivity contribution in [1.82, 2.24) is 4.90 Å². The third-order valence-corrected chi connectivity index (χ3v) is 7.45. The van der Waals surface area contributed by atoms with Crippen LogP contribution in [0.15, 0.2) is 52.9 Å². The zero-order valence-electron chi connectivity index (χ0n) is 21.1. The lowest BCUT2D eigenvalue weighted by Crippen LogP contribution is -2.14. The van der Waals surface area contributed by atoms with Crippen molar-refractivity contribution in [3.63, 3.8) is 0 Å². The largest absolute Gasteiger partial charge is 0.416 e. The smallest absolute Gasteiger partial charge is 0.366 e. The Labute approximate surface area is 212 Å². The molecule has 0 spiro atoms. The van der Waals surface area contributed by atoms with Crippen LogP contribution in [0.2, 0.25) is 0 Å². The number of hydrogen-bond donors (Lipinski definition) is 0. The summed E-state index contributed by atoms with van der Waals surface area (Å²) in [5, 5.41) is 1.92. The molecule has 0 aliphatic heterocycles. The SMILES string of the molecule is C=C(S/C=C(\C)Cc1cc(C)c(N=CN(C)CC)cc1C(F)(F)F)c1ccc2c(c1)CCCCC2. The third-order valence-electron chi connectivity index (χ3n) is 6.41. The lowest BCUT2D eigenvalue weighted by molar-refractivity contribution is -0.138. The number of rotatable bonds is 8. The number of halogens is 3. The van der Waals surface area contributed by atoms with E-state index >= 15 is 0 Å². The predicted octanol–water partition coefficient (Wildman–Crippen LogP) is 8.74. The lowest BCUT2D eigenvalue weighted by atomic mass is 9.97. The molecule has 0 saturated carbocycles. The molecule has 2 nitrogen and oxygen atoms in total. The molecule has 35 heavy (non-hydrogen) atoms. The van der Waals surface area contributed by atoms with Gasteiger partial charge >= 0.3 is 6.18 Å². The van der Waals surface area contributed by atoms with E-state index in [-0.39, 0.29) is 12.0 Å². The molecule has 6 heteroatoms. The second-order valence-electron chi connectivity index (χ2n) is 9.34. The highest BCUT2D eigenvalue weighted by atomic mass is 32.2. The van der Waals surface area contributed by atoms with Crippen molar-refractivity contribution >= 4 is 28.7 Å². The van der Waals surface area contributed by atoms with Gasteiger partial charge in [-0.25, -0.2) is 4.99 Å². The molecule has 0 bridgehead atoms. The summed E-state index contributed by atoms with van der Waals surface area (Å²) in [5.41, 5.74) is 5.49. The number of benzene rings is 2. The number of hydrogen-bond acceptors (Lipinski definition) is 2. The highest BCUT2D eigenvalue weighted by molar-refractivity contribution is 8.10. The van der Waals surface area contributed by atoms with E-state index in [9.17, 15) is 13.2 Å². The van der Waals surface area contributed by atoms with E-state index in [2.05, 4.69) is 29.8 Å². The Morgan fingerprint density at radius 1 is 1.11 bits per heavy atom. The van der Waals surface area contributed by atoms with Crippen LogP contribution in [0.4, 0.5) is 18.9 Å². The average Bonchev–Trinajstić information content (AvgIpc) is 3.05. The summed E-state index contributed by atoms with van der Waals surface area (Å²) in [7, 11) is 1.84. The number of thioether (sulfide) groups is 1. The summed E-state index contributed by atoms with van der Waals surface area (Å²) in [6, 6.07) is 9.34. The van der Waals surface area contributed by atoms with Gasteiger partial charge in [-0.2, -0.15) is 13.2 Å². The normalized spacial score (nSPS) is 14.7. The van der Waals surface area contributed by atoms with Crippen molar-refractivity contribution < 1.29 is 13.2 Å². The minimum absolute atomic E-state index is 0.221. The fourth-order valence-corrected chi connectivity index (χ4v) is 4.90. The number of alkyl halides is 3. The number of nitrogens with zero attached hydrogens (tertiary/aromatic N) is 2. The molecule has 2 aromatic carbocycles. The molecule has 0 amide bonds. The Kier molecular flexibility index (Phi) is 9.28. The molecule has 3 rings (SSSR count). The molecule has 0 unspecified atom stereocenters. The van der Waals surface area contributed by atoms with Crippen LogP contribution in [-0.4, -0.2) is 24.8 Å². The van der Waals surface area contributed by atoms with E-state index in [4.69, 9.17) is 0 Å². The Hall–Kier alpha value is -2.47. The standard InChI is InChI=1S/C29H35F3N2S/c1-6-34(5)19-33-28-17-27(29(30,31)32)26(15-21(28)3)14-20(2)18-35-22(4)24-13-12-23-10-8-7-9-11-25(23)16-24/h12-13,15-19H,4,6-11,14H2,1-3,5H3/b20-18+,33-19?. The van der Waals surface area contributed by atoms with Gasteiger partial charge < -0.3 is 4.90 Å². The first-order chi connectivity index (χ1) is 16.6. The molecule has 2 aromatic rings. The molecule has 0 saturated heterocycles. The van der Waals surface area contributed by atoms with Gasteiger partial charge in [0.05, 0.1) is 17.6 Å². The zero-order chi connectivity index (χ0) is 25.6. The van der Waals surface area contributed by atoms with Gasteiger partial charge in [-0.1, -0.05) is 54.6 Å². The molecule has 1 aliphatic rings. The van der Waals surface area contributed by atoms with E-state index in [0.29, 0.717) is 5.69 Å². The van der Waals surface area contributed by atoms with Gasteiger partial charge in [0.25, 0.3) is 0 Å². The molecule has 0 N–H and O–H groups in total. The first-order valence-corrected chi connectivity index (χ1v) is 13.0. The maximum Gasteiger partial charge on any atom is 0.416 e. The van der Waals surface area contributed by atoms with Crippen LogP contribution >= 0.6 is 11.8 Å². The summed E-state index contributed by atoms with van der Waals surface area (Å²) >= 11 is 1.48. The van der Waals surface area contributed by atoms with Crippen molar-refractivity contribution in [1.29, 1.82) is 0 Å². The van der Waals surface area contributed by atoms with Crippen LogP contribution in [-0.2, 0) is 25.4 Å². The van der Waals surface area contributed by atoms with E-state index in [1.165, 1.54) is 48.2 Å². The van der Waals surface area contributed by atoms with Crippen molar-refractivity contribution in [2.75, 3.05) is 13.6 Å². The number of aliphatic imine (C=N–C) groups is 1. The minimum Gasteiger partial charge on any atom is -0.366 e. The van der Waals surface area contributed by atoms with Gasteiger partial charge in [-0.05, 0) is 92.2 Å². The molecule has 188 valence electrons. The molecule has 1 aliphatic carbocycles. The fourth-order valence-electron chi connectivity index (χ4n) is 4.21. The van der Waals surface area contributed by atoms with E-state index in [1.54, 1.807) is 19.3 Å². The third kappa shape index (κ3) is 7.50. The molecular weight excluding hydrogens is 465 g/mol. The molecule has 0 radical (unpaired) electrons. The summed E-state index contributed by atoms with van der Waals surface area (Å²) in [4.78, 5) is 7.00. The van der Waals surface area contributed by atoms with Crippen molar-refractivity contribution in [2.45, 2.75) is 65.5 Å². The van der Waals surface area contributed by atoms with Crippen LogP contribution in [0, 0.1) is 6.92 Å². The van der Waals surface area contributed by atoms with Crippen LogP contribution < -0.4 is 0 Å².